The Morgan fingerprint density at radius 3 is 2.27 bits per heavy atom. The van der Waals surface area contributed by atoms with Crippen molar-refractivity contribution in [3.05, 3.63) is 76.0 Å². The van der Waals surface area contributed by atoms with Crippen molar-refractivity contribution in [2.75, 3.05) is 10.6 Å². The minimum atomic E-state index is -0.784. The van der Waals surface area contributed by atoms with Gasteiger partial charge in [0.2, 0.25) is 5.95 Å². The lowest BCUT2D eigenvalue weighted by Gasteiger charge is -2.09. The van der Waals surface area contributed by atoms with E-state index < -0.39 is 17.5 Å². The van der Waals surface area contributed by atoms with E-state index in [1.807, 2.05) is 0 Å². The molecule has 132 valence electrons. The third-order valence-electron chi connectivity index (χ3n) is 3.29. The number of aromatic nitrogens is 2. The highest BCUT2D eigenvalue weighted by Crippen LogP contribution is 2.26. The van der Waals surface area contributed by atoms with E-state index in [4.69, 9.17) is 23.2 Å². The van der Waals surface area contributed by atoms with Crippen LogP contribution < -0.4 is 10.6 Å². The Kier molecular flexibility index (Phi) is 5.29. The second kappa shape index (κ2) is 7.63. The van der Waals surface area contributed by atoms with Crippen LogP contribution in [0.2, 0.25) is 10.0 Å². The molecule has 0 unspecified atom stereocenters. The number of carbonyl (C=O) groups excluding carboxylic acids is 1. The number of hydrogen-bond donors (Lipinski definition) is 2. The first-order valence-electron chi connectivity index (χ1n) is 7.23. The van der Waals surface area contributed by atoms with Gasteiger partial charge in [-0.25, -0.2) is 18.7 Å². The summed E-state index contributed by atoms with van der Waals surface area (Å²) in [7, 11) is 0. The molecule has 0 aliphatic heterocycles. The zero-order valence-electron chi connectivity index (χ0n) is 12.9. The van der Waals surface area contributed by atoms with E-state index in [0.29, 0.717) is 10.7 Å². The van der Waals surface area contributed by atoms with Crippen molar-refractivity contribution >= 4 is 46.4 Å². The fourth-order valence-corrected chi connectivity index (χ4v) is 2.48. The molecule has 0 aliphatic carbocycles. The largest absolute Gasteiger partial charge is 0.321 e. The lowest BCUT2D eigenvalue weighted by molar-refractivity contribution is 0.102. The number of carbonyl (C=O) groups is 1. The second-order valence-corrected chi connectivity index (χ2v) is 5.94. The minimum Gasteiger partial charge on any atom is -0.321 e. The number of amides is 1. The topological polar surface area (TPSA) is 66.9 Å². The monoisotopic (exact) mass is 394 g/mol. The predicted octanol–water partition coefficient (Wildman–Crippen LogP) is 5.06. The van der Waals surface area contributed by atoms with Gasteiger partial charge in [-0.05, 0) is 30.3 Å². The maximum absolute atomic E-state index is 13.6. The quantitative estimate of drug-likeness (QED) is 0.648. The Hall–Kier alpha value is -2.77. The van der Waals surface area contributed by atoms with Gasteiger partial charge >= 0.3 is 0 Å². The molecule has 1 aromatic heterocycles. The van der Waals surface area contributed by atoms with Gasteiger partial charge in [0.15, 0.2) is 0 Å². The summed E-state index contributed by atoms with van der Waals surface area (Å²) in [6, 6.07) is 8.07. The van der Waals surface area contributed by atoms with Crippen LogP contribution in [0, 0.1) is 11.6 Å². The predicted molar refractivity (Wildman–Crippen MR) is 96.1 cm³/mol. The van der Waals surface area contributed by atoms with E-state index in [0.717, 1.165) is 12.1 Å². The molecule has 0 aliphatic rings. The van der Waals surface area contributed by atoms with Crippen LogP contribution in [0.4, 0.5) is 26.1 Å². The van der Waals surface area contributed by atoms with Crippen molar-refractivity contribution in [3.63, 3.8) is 0 Å². The molecule has 3 rings (SSSR count). The normalized spacial score (nSPS) is 10.5. The zero-order valence-corrected chi connectivity index (χ0v) is 14.4. The summed E-state index contributed by atoms with van der Waals surface area (Å²) >= 11 is 11.8. The fraction of sp³-hybridized carbons (Fsp3) is 0. The highest BCUT2D eigenvalue weighted by Gasteiger charge is 2.12. The van der Waals surface area contributed by atoms with Crippen LogP contribution in [0.1, 0.15) is 10.4 Å². The molecule has 0 bridgehead atoms. The highest BCUT2D eigenvalue weighted by atomic mass is 35.5. The van der Waals surface area contributed by atoms with E-state index in [-0.39, 0.29) is 22.2 Å². The fourth-order valence-electron chi connectivity index (χ4n) is 2.02. The summed E-state index contributed by atoms with van der Waals surface area (Å²) in [5.41, 5.74) is 0.130. The molecule has 0 spiro atoms. The number of rotatable bonds is 4. The smallest absolute Gasteiger partial charge is 0.258 e. The Morgan fingerprint density at radius 2 is 1.65 bits per heavy atom. The first-order valence-corrected chi connectivity index (χ1v) is 7.99. The molecule has 0 atom stereocenters. The standard InChI is InChI=1S/C17H10Cl2F2N4O/c18-10-4-5-14(11(19)6-10)24-16(26)9-7-22-17(23-8-9)25-15-12(20)2-1-3-13(15)21/h1-8H,(H,24,26)(H,22,23,25). The van der Waals surface area contributed by atoms with E-state index >= 15 is 0 Å². The summed E-state index contributed by atoms with van der Waals surface area (Å²) in [5.74, 6) is -2.13. The maximum atomic E-state index is 13.6. The van der Waals surface area contributed by atoms with Gasteiger partial charge in [0, 0.05) is 17.4 Å². The van der Waals surface area contributed by atoms with Gasteiger partial charge in [0.05, 0.1) is 16.3 Å². The molecule has 0 saturated carbocycles. The first kappa shape index (κ1) is 18.0. The Morgan fingerprint density at radius 1 is 1.00 bits per heavy atom. The molecular weight excluding hydrogens is 385 g/mol. The lowest BCUT2D eigenvalue weighted by Crippen LogP contribution is -2.13. The van der Waals surface area contributed by atoms with Gasteiger partial charge < -0.3 is 10.6 Å². The summed E-state index contributed by atoms with van der Waals surface area (Å²) in [4.78, 5) is 20.0. The van der Waals surface area contributed by atoms with E-state index in [9.17, 15) is 13.6 Å². The number of halogens is 4. The molecule has 0 fully saturated rings. The average molecular weight is 395 g/mol. The SMILES string of the molecule is O=C(Nc1ccc(Cl)cc1Cl)c1cnc(Nc2c(F)cccc2F)nc1. The van der Waals surface area contributed by atoms with E-state index in [2.05, 4.69) is 20.6 Å². The van der Waals surface area contributed by atoms with Gasteiger partial charge in [-0.2, -0.15) is 0 Å². The van der Waals surface area contributed by atoms with Crippen LogP contribution in [0.3, 0.4) is 0 Å². The highest BCUT2D eigenvalue weighted by molar-refractivity contribution is 6.36. The van der Waals surface area contributed by atoms with Gasteiger partial charge in [-0.3, -0.25) is 4.79 Å². The first-order chi connectivity index (χ1) is 12.4. The van der Waals surface area contributed by atoms with Gasteiger partial charge in [-0.1, -0.05) is 29.3 Å². The summed E-state index contributed by atoms with van der Waals surface area (Å²) in [6.07, 6.45) is 2.43. The van der Waals surface area contributed by atoms with Crippen molar-refractivity contribution in [1.82, 2.24) is 9.97 Å². The Balaban J connectivity index is 1.74. The molecular formula is C17H10Cl2F2N4O. The van der Waals surface area contributed by atoms with Crippen molar-refractivity contribution in [3.8, 4) is 0 Å². The third-order valence-corrected chi connectivity index (χ3v) is 3.84. The van der Waals surface area contributed by atoms with Gasteiger partial charge in [-0.15, -0.1) is 0 Å². The molecule has 2 N–H and O–H groups in total. The van der Waals surface area contributed by atoms with Gasteiger partial charge in [0.25, 0.3) is 5.91 Å². The number of hydrogen-bond acceptors (Lipinski definition) is 4. The van der Waals surface area contributed by atoms with Crippen molar-refractivity contribution in [1.29, 1.82) is 0 Å². The Bertz CT molecular complexity index is 947. The molecule has 9 heteroatoms. The molecule has 0 radical (unpaired) electrons. The zero-order chi connectivity index (χ0) is 18.7. The number of nitrogens with one attached hydrogen (secondary N) is 2. The van der Waals surface area contributed by atoms with E-state index in [1.165, 1.54) is 24.5 Å². The van der Waals surface area contributed by atoms with Crippen LogP contribution in [0.15, 0.2) is 48.8 Å². The molecule has 2 aromatic carbocycles. The number of para-hydroxylation sites is 1. The number of anilines is 3. The van der Waals surface area contributed by atoms with Crippen LogP contribution in [0.5, 0.6) is 0 Å². The molecule has 3 aromatic rings. The van der Waals surface area contributed by atoms with Crippen LogP contribution >= 0.6 is 23.2 Å². The number of nitrogens with zero attached hydrogens (tertiary/aromatic N) is 2. The molecule has 5 nitrogen and oxygen atoms in total. The van der Waals surface area contributed by atoms with Crippen molar-refractivity contribution < 1.29 is 13.6 Å². The van der Waals surface area contributed by atoms with Crippen molar-refractivity contribution in [2.24, 2.45) is 0 Å². The maximum Gasteiger partial charge on any atom is 0.258 e. The number of benzene rings is 2. The second-order valence-electron chi connectivity index (χ2n) is 5.10. The molecule has 1 amide bonds. The van der Waals surface area contributed by atoms with Crippen LogP contribution in [-0.2, 0) is 0 Å². The van der Waals surface area contributed by atoms with Crippen molar-refractivity contribution in [2.45, 2.75) is 0 Å². The third kappa shape index (κ3) is 4.07. The molecule has 26 heavy (non-hydrogen) atoms. The summed E-state index contributed by atoms with van der Waals surface area (Å²) < 4.78 is 27.2. The van der Waals surface area contributed by atoms with Gasteiger partial charge in [0.1, 0.15) is 17.3 Å². The molecule has 0 saturated heterocycles. The minimum absolute atomic E-state index is 0.0601. The Labute approximate surface area is 157 Å². The van der Waals surface area contributed by atoms with Crippen LogP contribution in [0.25, 0.3) is 0 Å². The molecule has 1 heterocycles. The average Bonchev–Trinajstić information content (AvgIpc) is 2.61. The lowest BCUT2D eigenvalue weighted by atomic mass is 10.2. The van der Waals surface area contributed by atoms with Crippen LogP contribution in [-0.4, -0.2) is 15.9 Å². The summed E-state index contributed by atoms with van der Waals surface area (Å²) in [6.45, 7) is 0. The van der Waals surface area contributed by atoms with E-state index in [1.54, 1.807) is 12.1 Å². The summed E-state index contributed by atoms with van der Waals surface area (Å²) in [5, 5.41) is 5.74.